The molecule has 0 aromatic heterocycles. The smallest absolute Gasteiger partial charge is 0.303 e. The molecule has 3 heteroatoms. The van der Waals surface area contributed by atoms with Crippen LogP contribution in [0.2, 0.25) is 0 Å². The molecular formula is C11H17BrO2. The van der Waals surface area contributed by atoms with Gasteiger partial charge in [-0.2, -0.15) is 0 Å². The maximum Gasteiger partial charge on any atom is 0.303 e. The van der Waals surface area contributed by atoms with Crippen molar-refractivity contribution < 1.29 is 9.53 Å². The second kappa shape index (κ2) is 6.23. The van der Waals surface area contributed by atoms with E-state index in [0.29, 0.717) is 0 Å². The fourth-order valence-electron chi connectivity index (χ4n) is 1.65. The van der Waals surface area contributed by atoms with E-state index in [1.165, 1.54) is 26.2 Å². The predicted molar refractivity (Wildman–Crippen MR) is 60.3 cm³/mol. The minimum absolute atomic E-state index is 0.0504. The van der Waals surface area contributed by atoms with E-state index in [9.17, 15) is 4.79 Å². The number of rotatable bonds is 1. The Morgan fingerprint density at radius 3 is 2.86 bits per heavy atom. The lowest BCUT2D eigenvalue weighted by atomic mass is 10.1. The van der Waals surface area contributed by atoms with E-state index < -0.39 is 0 Å². The normalized spacial score (nSPS) is 27.9. The molecule has 1 rings (SSSR count). The Kier molecular flexibility index (Phi) is 5.23. The van der Waals surface area contributed by atoms with Crippen molar-refractivity contribution in [1.29, 1.82) is 0 Å². The Morgan fingerprint density at radius 2 is 2.14 bits per heavy atom. The summed E-state index contributed by atoms with van der Waals surface area (Å²) in [5, 5.41) is 0. The molecule has 0 radical (unpaired) electrons. The molecule has 0 aromatic carbocycles. The van der Waals surface area contributed by atoms with E-state index >= 15 is 0 Å². The third-order valence-electron chi connectivity index (χ3n) is 2.38. The van der Waals surface area contributed by atoms with Crippen molar-refractivity contribution in [2.45, 2.75) is 51.6 Å². The molecule has 0 saturated heterocycles. The van der Waals surface area contributed by atoms with Crippen molar-refractivity contribution in [3.63, 3.8) is 0 Å². The molecule has 0 heterocycles. The maximum absolute atomic E-state index is 10.9. The van der Waals surface area contributed by atoms with Crippen molar-refractivity contribution in [2.75, 3.05) is 0 Å². The fourth-order valence-corrected chi connectivity index (χ4v) is 2.20. The summed E-state index contributed by atoms with van der Waals surface area (Å²) in [6.45, 7) is 1.47. The van der Waals surface area contributed by atoms with Gasteiger partial charge in [0, 0.05) is 11.4 Å². The van der Waals surface area contributed by atoms with Gasteiger partial charge in [0.15, 0.2) is 0 Å². The number of esters is 1. The van der Waals surface area contributed by atoms with Crippen molar-refractivity contribution >= 4 is 21.9 Å². The summed E-state index contributed by atoms with van der Waals surface area (Å²) in [7, 11) is 0. The zero-order valence-electron chi connectivity index (χ0n) is 8.59. The first-order valence-electron chi connectivity index (χ1n) is 5.23. The maximum atomic E-state index is 10.9. The van der Waals surface area contributed by atoms with Gasteiger partial charge in [0.25, 0.3) is 0 Å². The van der Waals surface area contributed by atoms with E-state index in [1.54, 1.807) is 0 Å². The zero-order chi connectivity index (χ0) is 10.4. The summed E-state index contributed by atoms with van der Waals surface area (Å²) in [4.78, 5) is 10.9. The quantitative estimate of drug-likeness (QED) is 0.675. The number of carbonyl (C=O) groups excluding carboxylic acids is 1. The molecule has 2 nitrogen and oxygen atoms in total. The minimum atomic E-state index is -0.195. The summed E-state index contributed by atoms with van der Waals surface area (Å²) in [5.41, 5.74) is 0. The van der Waals surface area contributed by atoms with Crippen molar-refractivity contribution in [3.8, 4) is 0 Å². The number of hydrogen-bond acceptors (Lipinski definition) is 2. The van der Waals surface area contributed by atoms with Gasteiger partial charge < -0.3 is 4.74 Å². The van der Waals surface area contributed by atoms with Gasteiger partial charge in [-0.15, -0.1) is 0 Å². The van der Waals surface area contributed by atoms with E-state index in [2.05, 4.69) is 22.0 Å². The molecule has 0 amide bonds. The third-order valence-corrected chi connectivity index (χ3v) is 3.21. The number of carbonyl (C=O) groups is 1. The van der Waals surface area contributed by atoms with Crippen LogP contribution in [0.1, 0.15) is 45.4 Å². The van der Waals surface area contributed by atoms with Gasteiger partial charge in [0.05, 0.1) is 0 Å². The lowest BCUT2D eigenvalue weighted by Crippen LogP contribution is -2.16. The van der Waals surface area contributed by atoms with Gasteiger partial charge in [-0.3, -0.25) is 4.79 Å². The van der Waals surface area contributed by atoms with Crippen LogP contribution in [-0.2, 0) is 9.53 Å². The Morgan fingerprint density at radius 1 is 1.43 bits per heavy atom. The van der Waals surface area contributed by atoms with Crippen LogP contribution in [0.4, 0.5) is 0 Å². The number of allylic oxidation sites excluding steroid dienone is 1. The predicted octanol–water partition coefficient (Wildman–Crippen LogP) is 3.55. The van der Waals surface area contributed by atoms with E-state index in [4.69, 9.17) is 4.74 Å². The standard InChI is InChI=1S/C11H17BrO2/c1-9(13)14-11-8-6-4-2-3-5-7-10(11)12/h7,11H,2-6,8H2,1H3/b10-7+. The van der Waals surface area contributed by atoms with Crippen molar-refractivity contribution in [3.05, 3.63) is 10.6 Å². The summed E-state index contributed by atoms with van der Waals surface area (Å²) in [6.07, 6.45) is 9.01. The van der Waals surface area contributed by atoms with Crippen molar-refractivity contribution in [1.82, 2.24) is 0 Å². The Hall–Kier alpha value is -0.310. The number of halogens is 1. The molecule has 0 N–H and O–H groups in total. The second-order valence-electron chi connectivity index (χ2n) is 3.68. The van der Waals surface area contributed by atoms with Gasteiger partial charge in [0.1, 0.15) is 6.10 Å². The molecule has 0 aromatic rings. The topological polar surface area (TPSA) is 26.3 Å². The molecular weight excluding hydrogens is 244 g/mol. The highest BCUT2D eigenvalue weighted by Gasteiger charge is 2.15. The monoisotopic (exact) mass is 260 g/mol. The molecule has 14 heavy (non-hydrogen) atoms. The Balaban J connectivity index is 2.56. The zero-order valence-corrected chi connectivity index (χ0v) is 10.2. The molecule has 0 spiro atoms. The van der Waals surface area contributed by atoms with Crippen LogP contribution in [0.15, 0.2) is 10.6 Å². The van der Waals surface area contributed by atoms with Crippen LogP contribution in [0.5, 0.6) is 0 Å². The Labute approximate surface area is 93.8 Å². The minimum Gasteiger partial charge on any atom is -0.457 e. The molecule has 1 aliphatic rings. The first-order valence-corrected chi connectivity index (χ1v) is 6.02. The SMILES string of the molecule is CC(=O)OC1CCCCCC/C=C\1Br. The average molecular weight is 261 g/mol. The summed E-state index contributed by atoms with van der Waals surface area (Å²) >= 11 is 3.49. The molecule has 0 bridgehead atoms. The average Bonchev–Trinajstić information content (AvgIpc) is 2.20. The third kappa shape index (κ3) is 4.27. The van der Waals surface area contributed by atoms with Crippen LogP contribution in [-0.4, -0.2) is 12.1 Å². The molecule has 80 valence electrons. The number of ether oxygens (including phenoxy) is 1. The van der Waals surface area contributed by atoms with Gasteiger partial charge in [0.2, 0.25) is 0 Å². The molecule has 0 fully saturated rings. The molecule has 1 aliphatic carbocycles. The second-order valence-corrected chi connectivity index (χ2v) is 4.59. The van der Waals surface area contributed by atoms with E-state index in [0.717, 1.165) is 23.7 Å². The van der Waals surface area contributed by atoms with Gasteiger partial charge in [-0.25, -0.2) is 0 Å². The first kappa shape index (κ1) is 11.8. The summed E-state index contributed by atoms with van der Waals surface area (Å²) in [6, 6.07) is 0. The van der Waals surface area contributed by atoms with Crippen LogP contribution >= 0.6 is 15.9 Å². The largest absolute Gasteiger partial charge is 0.457 e. The highest BCUT2D eigenvalue weighted by molar-refractivity contribution is 9.11. The van der Waals surface area contributed by atoms with Gasteiger partial charge >= 0.3 is 5.97 Å². The molecule has 1 atom stereocenters. The highest BCUT2D eigenvalue weighted by Crippen LogP contribution is 2.24. The van der Waals surface area contributed by atoms with Crippen molar-refractivity contribution in [2.24, 2.45) is 0 Å². The first-order chi connectivity index (χ1) is 6.70. The van der Waals surface area contributed by atoms with Gasteiger partial charge in [-0.05, 0) is 25.7 Å². The summed E-state index contributed by atoms with van der Waals surface area (Å²) < 4.78 is 6.28. The van der Waals surface area contributed by atoms with Crippen LogP contribution in [0, 0.1) is 0 Å². The molecule has 0 saturated carbocycles. The molecule has 0 aliphatic heterocycles. The van der Waals surface area contributed by atoms with Crippen LogP contribution in [0.25, 0.3) is 0 Å². The Bertz CT molecular complexity index is 223. The van der Waals surface area contributed by atoms with Crippen LogP contribution in [0.3, 0.4) is 0 Å². The lowest BCUT2D eigenvalue weighted by Gasteiger charge is -2.15. The van der Waals surface area contributed by atoms with Gasteiger partial charge in [-0.1, -0.05) is 34.8 Å². The number of hydrogen-bond donors (Lipinski definition) is 0. The van der Waals surface area contributed by atoms with E-state index in [-0.39, 0.29) is 12.1 Å². The lowest BCUT2D eigenvalue weighted by molar-refractivity contribution is -0.144. The highest BCUT2D eigenvalue weighted by atomic mass is 79.9. The summed E-state index contributed by atoms with van der Waals surface area (Å²) in [5.74, 6) is -0.195. The van der Waals surface area contributed by atoms with Crippen LogP contribution < -0.4 is 0 Å². The fraction of sp³-hybridized carbons (Fsp3) is 0.727. The van der Waals surface area contributed by atoms with E-state index in [1.807, 2.05) is 0 Å². The molecule has 1 unspecified atom stereocenters.